The maximum atomic E-state index is 12.4. The first-order valence-corrected chi connectivity index (χ1v) is 7.80. The van der Waals surface area contributed by atoms with Gasteiger partial charge in [-0.25, -0.2) is 9.59 Å². The lowest BCUT2D eigenvalue weighted by molar-refractivity contribution is -0.136. The Morgan fingerprint density at radius 3 is 2.73 bits per heavy atom. The fourth-order valence-corrected chi connectivity index (χ4v) is 3.46. The summed E-state index contributed by atoms with van der Waals surface area (Å²) in [5.41, 5.74) is 3.10. The number of allylic oxidation sites excluding steroid dienone is 2. The van der Waals surface area contributed by atoms with Gasteiger partial charge in [0.1, 0.15) is 5.75 Å². The van der Waals surface area contributed by atoms with Crippen LogP contribution in [-0.4, -0.2) is 19.0 Å². The number of carbonyl (C=O) groups is 2. The zero-order valence-corrected chi connectivity index (χ0v) is 14.5. The van der Waals surface area contributed by atoms with E-state index in [1.807, 2.05) is 12.1 Å². The molecule has 0 spiro atoms. The lowest BCUT2D eigenvalue weighted by atomic mass is 9.79. The van der Waals surface area contributed by atoms with Gasteiger partial charge in [-0.15, -0.1) is 0 Å². The van der Waals surface area contributed by atoms with Crippen LogP contribution in [0.4, 0.5) is 0 Å². The quantitative estimate of drug-likeness (QED) is 0.438. The molecule has 0 fully saturated rings. The first-order valence-electron chi connectivity index (χ1n) is 6.72. The van der Waals surface area contributed by atoms with Crippen molar-refractivity contribution in [3.05, 3.63) is 49.9 Å². The Morgan fingerprint density at radius 2 is 2.05 bits per heavy atom. The maximum absolute atomic E-state index is 12.4. The molecule has 3 rings (SSSR count). The summed E-state index contributed by atoms with van der Waals surface area (Å²) < 4.78 is 11.3. The number of hydrogen-bond donors (Lipinski definition) is 1. The fraction of sp³-hybridized carbons (Fsp3) is 0.250. The second kappa shape index (κ2) is 5.42. The minimum absolute atomic E-state index is 0.433. The number of hydrogen-bond acceptors (Lipinski definition) is 5. The van der Waals surface area contributed by atoms with Crippen LogP contribution in [-0.2, 0) is 14.3 Å². The molecule has 0 unspecified atom stereocenters. The maximum Gasteiger partial charge on any atom is 0.342 e. The molecule has 1 N–H and O–H groups in total. The number of halogens is 1. The van der Waals surface area contributed by atoms with E-state index in [-0.39, 0.29) is 0 Å². The zero-order chi connectivity index (χ0) is 16.0. The van der Waals surface area contributed by atoms with E-state index in [0.29, 0.717) is 28.3 Å². The molecule has 0 saturated carbocycles. The summed E-state index contributed by atoms with van der Waals surface area (Å²) in [6, 6.07) is 5.55. The van der Waals surface area contributed by atoms with Crippen LogP contribution in [0.25, 0.3) is 0 Å². The van der Waals surface area contributed by atoms with Gasteiger partial charge in [0, 0.05) is 20.5 Å². The molecule has 0 aliphatic carbocycles. The number of rotatable bonds is 1. The van der Waals surface area contributed by atoms with Gasteiger partial charge >= 0.3 is 11.9 Å². The van der Waals surface area contributed by atoms with Crippen molar-refractivity contribution in [1.29, 1.82) is 0 Å². The zero-order valence-electron chi connectivity index (χ0n) is 12.3. The highest BCUT2D eigenvalue weighted by Crippen LogP contribution is 2.46. The number of carbonyl (C=O) groups excluding carboxylic acids is 2. The van der Waals surface area contributed by atoms with Crippen molar-refractivity contribution in [1.82, 2.24) is 5.32 Å². The monoisotopic (exact) mass is 411 g/mol. The van der Waals surface area contributed by atoms with Crippen LogP contribution < -0.4 is 10.1 Å². The van der Waals surface area contributed by atoms with Gasteiger partial charge in [0.05, 0.1) is 24.2 Å². The number of methoxy groups -OCH3 is 1. The summed E-state index contributed by atoms with van der Waals surface area (Å²) in [5, 5.41) is 3.08. The topological polar surface area (TPSA) is 64.6 Å². The molecular formula is C16H14INO4. The standard InChI is InChI=1S/C16H14INO4/c1-7-12(15(19)21-3)14-10-6-9(17)4-5-11(10)22-16(20)13(14)8(2)18-7/h4-6,14,18H,1-3H3/t14-/m1/s1. The van der Waals surface area contributed by atoms with Gasteiger partial charge in [-0.2, -0.15) is 0 Å². The number of dihydropyridines is 1. The third-order valence-electron chi connectivity index (χ3n) is 3.87. The summed E-state index contributed by atoms with van der Waals surface area (Å²) >= 11 is 2.19. The predicted octanol–water partition coefficient (Wildman–Crippen LogP) is 2.62. The minimum Gasteiger partial charge on any atom is -0.466 e. The number of nitrogens with one attached hydrogen (secondary N) is 1. The molecule has 0 bridgehead atoms. The summed E-state index contributed by atoms with van der Waals surface area (Å²) in [7, 11) is 1.34. The van der Waals surface area contributed by atoms with Crippen LogP contribution in [0.3, 0.4) is 0 Å². The molecule has 1 aromatic rings. The van der Waals surface area contributed by atoms with Crippen LogP contribution in [0.2, 0.25) is 0 Å². The van der Waals surface area contributed by atoms with Crippen molar-refractivity contribution < 1.29 is 19.1 Å². The van der Waals surface area contributed by atoms with Crippen LogP contribution in [0.15, 0.2) is 40.7 Å². The molecule has 6 heteroatoms. The molecule has 1 atom stereocenters. The second-order valence-electron chi connectivity index (χ2n) is 5.20. The third-order valence-corrected chi connectivity index (χ3v) is 4.54. The molecule has 2 heterocycles. The van der Waals surface area contributed by atoms with Crippen LogP contribution >= 0.6 is 22.6 Å². The van der Waals surface area contributed by atoms with E-state index in [9.17, 15) is 9.59 Å². The SMILES string of the molecule is COC(=O)C1=C(C)NC(C)=C2C(=O)Oc3ccc(I)cc3[C@H]12. The lowest BCUT2D eigenvalue weighted by Crippen LogP contribution is -2.35. The molecule has 0 aromatic heterocycles. The van der Waals surface area contributed by atoms with Crippen molar-refractivity contribution in [3.8, 4) is 5.75 Å². The number of benzene rings is 1. The first kappa shape index (κ1) is 15.1. The van der Waals surface area contributed by atoms with Gasteiger partial charge in [0.2, 0.25) is 0 Å². The van der Waals surface area contributed by atoms with E-state index in [2.05, 4.69) is 27.9 Å². The van der Waals surface area contributed by atoms with Crippen molar-refractivity contribution in [3.63, 3.8) is 0 Å². The van der Waals surface area contributed by atoms with Gasteiger partial charge in [-0.3, -0.25) is 0 Å². The normalized spacial score (nSPS) is 20.0. The molecule has 1 aromatic carbocycles. The van der Waals surface area contributed by atoms with Crippen molar-refractivity contribution >= 4 is 34.5 Å². The molecule has 114 valence electrons. The average Bonchev–Trinajstić information content (AvgIpc) is 2.47. The molecule has 0 radical (unpaired) electrons. The molecular weight excluding hydrogens is 397 g/mol. The molecule has 0 saturated heterocycles. The van der Waals surface area contributed by atoms with Gasteiger partial charge in [0.15, 0.2) is 0 Å². The summed E-state index contributed by atoms with van der Waals surface area (Å²) in [6.07, 6.45) is 0. The largest absolute Gasteiger partial charge is 0.466 e. The van der Waals surface area contributed by atoms with E-state index in [1.165, 1.54) is 7.11 Å². The lowest BCUT2D eigenvalue weighted by Gasteiger charge is -2.34. The van der Waals surface area contributed by atoms with E-state index < -0.39 is 17.9 Å². The highest BCUT2D eigenvalue weighted by molar-refractivity contribution is 14.1. The summed E-state index contributed by atoms with van der Waals surface area (Å²) in [4.78, 5) is 24.6. The van der Waals surface area contributed by atoms with Crippen molar-refractivity contribution in [2.24, 2.45) is 0 Å². The van der Waals surface area contributed by atoms with E-state index >= 15 is 0 Å². The molecule has 2 aliphatic rings. The molecule has 2 aliphatic heterocycles. The van der Waals surface area contributed by atoms with Gasteiger partial charge in [0.25, 0.3) is 0 Å². The van der Waals surface area contributed by atoms with E-state index in [4.69, 9.17) is 9.47 Å². The van der Waals surface area contributed by atoms with E-state index in [0.717, 1.165) is 9.13 Å². The Kier molecular flexibility index (Phi) is 3.72. The Hall–Kier alpha value is -1.83. The highest BCUT2D eigenvalue weighted by atomic mass is 127. The highest BCUT2D eigenvalue weighted by Gasteiger charge is 2.42. The van der Waals surface area contributed by atoms with Gasteiger partial charge in [-0.05, 0) is 54.6 Å². The van der Waals surface area contributed by atoms with Crippen LogP contribution in [0.5, 0.6) is 5.75 Å². The first-order chi connectivity index (χ1) is 10.4. The number of esters is 2. The Morgan fingerprint density at radius 1 is 1.32 bits per heavy atom. The van der Waals surface area contributed by atoms with E-state index in [1.54, 1.807) is 19.9 Å². The Labute approximate surface area is 141 Å². The second-order valence-corrected chi connectivity index (χ2v) is 6.44. The van der Waals surface area contributed by atoms with Gasteiger partial charge in [-0.1, -0.05) is 0 Å². The minimum atomic E-state index is -0.459. The molecule has 5 nitrogen and oxygen atoms in total. The Bertz CT molecular complexity index is 763. The fourth-order valence-electron chi connectivity index (χ4n) is 2.95. The van der Waals surface area contributed by atoms with Crippen LogP contribution in [0.1, 0.15) is 25.3 Å². The molecule has 0 amide bonds. The Balaban J connectivity index is 2.28. The van der Waals surface area contributed by atoms with Crippen LogP contribution in [0, 0.1) is 3.57 Å². The third kappa shape index (κ3) is 2.22. The average molecular weight is 411 g/mol. The predicted molar refractivity (Wildman–Crippen MR) is 88.1 cm³/mol. The van der Waals surface area contributed by atoms with Gasteiger partial charge < -0.3 is 14.8 Å². The van der Waals surface area contributed by atoms with Crippen molar-refractivity contribution in [2.45, 2.75) is 19.8 Å². The molecule has 22 heavy (non-hydrogen) atoms. The number of fused-ring (bicyclic) bond motifs is 3. The van der Waals surface area contributed by atoms with Crippen molar-refractivity contribution in [2.75, 3.05) is 7.11 Å². The summed E-state index contributed by atoms with van der Waals surface area (Å²) in [6.45, 7) is 3.61. The summed E-state index contributed by atoms with van der Waals surface area (Å²) in [5.74, 6) is -0.847. The smallest absolute Gasteiger partial charge is 0.342 e. The number of ether oxygens (including phenoxy) is 2.